The second-order valence-corrected chi connectivity index (χ2v) is 5.34. The van der Waals surface area contributed by atoms with Crippen molar-refractivity contribution in [2.24, 2.45) is 5.73 Å². The molecule has 0 aliphatic carbocycles. The maximum atomic E-state index is 11.7. The molecule has 0 aromatic heterocycles. The third-order valence-electron chi connectivity index (χ3n) is 3.60. The zero-order valence-corrected chi connectivity index (χ0v) is 12.3. The number of carboxylic acid groups (broad SMARTS) is 1. The predicted octanol–water partition coefficient (Wildman–Crippen LogP) is -0.511. The molecule has 0 aromatic rings. The van der Waals surface area contributed by atoms with E-state index in [1.54, 1.807) is 0 Å². The van der Waals surface area contributed by atoms with E-state index in [4.69, 9.17) is 10.8 Å². The van der Waals surface area contributed by atoms with Crippen LogP contribution in [0.25, 0.3) is 0 Å². The van der Waals surface area contributed by atoms with E-state index in [2.05, 4.69) is 15.5 Å². The van der Waals surface area contributed by atoms with Gasteiger partial charge in [0.1, 0.15) is 6.04 Å². The highest BCUT2D eigenvalue weighted by atomic mass is 16.4. The lowest BCUT2D eigenvalue weighted by Gasteiger charge is -2.24. The fourth-order valence-corrected chi connectivity index (χ4v) is 2.31. The lowest BCUT2D eigenvalue weighted by molar-refractivity contribution is -0.139. The number of carbonyl (C=O) groups is 3. The summed E-state index contributed by atoms with van der Waals surface area (Å²) in [4.78, 5) is 35.6. The predicted molar refractivity (Wildman–Crippen MR) is 76.7 cm³/mol. The van der Waals surface area contributed by atoms with Crippen LogP contribution in [0.3, 0.4) is 0 Å². The maximum absolute atomic E-state index is 11.7. The first-order valence-electron chi connectivity index (χ1n) is 7.19. The number of nitrogens with two attached hydrogens (primary N) is 1. The summed E-state index contributed by atoms with van der Waals surface area (Å²) in [6.45, 7) is 4.53. The monoisotopic (exact) mass is 300 g/mol. The summed E-state index contributed by atoms with van der Waals surface area (Å²) in [7, 11) is 0. The van der Waals surface area contributed by atoms with E-state index in [-0.39, 0.29) is 18.9 Å². The Labute approximate surface area is 124 Å². The number of nitrogens with zero attached hydrogens (tertiary/aromatic N) is 1. The van der Waals surface area contributed by atoms with Crippen molar-refractivity contribution in [3.05, 3.63) is 0 Å². The SMILES string of the molecule is CC(CNC(=O)N[C@H](CCC(N)=O)C(=O)O)N1CCCC1. The first-order valence-corrected chi connectivity index (χ1v) is 7.19. The van der Waals surface area contributed by atoms with Crippen LogP contribution in [0, 0.1) is 0 Å². The summed E-state index contributed by atoms with van der Waals surface area (Å²) in [6, 6.07) is -1.44. The van der Waals surface area contributed by atoms with Crippen molar-refractivity contribution in [3.63, 3.8) is 0 Å². The highest BCUT2D eigenvalue weighted by Gasteiger charge is 2.22. The molecule has 0 radical (unpaired) electrons. The van der Waals surface area contributed by atoms with Gasteiger partial charge in [0.05, 0.1) is 0 Å². The average Bonchev–Trinajstić information content (AvgIpc) is 2.94. The number of nitrogens with one attached hydrogen (secondary N) is 2. The van der Waals surface area contributed by atoms with Gasteiger partial charge in [0, 0.05) is 19.0 Å². The Morgan fingerprint density at radius 1 is 1.29 bits per heavy atom. The van der Waals surface area contributed by atoms with Crippen molar-refractivity contribution in [1.82, 2.24) is 15.5 Å². The molecule has 2 atom stereocenters. The highest BCUT2D eigenvalue weighted by molar-refractivity contribution is 5.83. The molecule has 8 heteroatoms. The van der Waals surface area contributed by atoms with Gasteiger partial charge in [0.25, 0.3) is 0 Å². The number of rotatable bonds is 8. The van der Waals surface area contributed by atoms with Gasteiger partial charge in [0.15, 0.2) is 0 Å². The fraction of sp³-hybridized carbons (Fsp3) is 0.769. The van der Waals surface area contributed by atoms with E-state index in [0.717, 1.165) is 13.1 Å². The molecule has 1 heterocycles. The normalized spacial score (nSPS) is 18.0. The van der Waals surface area contributed by atoms with Crippen LogP contribution in [0.15, 0.2) is 0 Å². The minimum absolute atomic E-state index is 0.0141. The number of carbonyl (C=O) groups excluding carboxylic acids is 2. The van der Waals surface area contributed by atoms with Crippen molar-refractivity contribution in [1.29, 1.82) is 0 Å². The quantitative estimate of drug-likeness (QED) is 0.480. The Hall–Kier alpha value is -1.83. The van der Waals surface area contributed by atoms with Gasteiger partial charge in [-0.2, -0.15) is 0 Å². The van der Waals surface area contributed by atoms with Crippen molar-refractivity contribution < 1.29 is 19.5 Å². The maximum Gasteiger partial charge on any atom is 0.326 e. The molecule has 21 heavy (non-hydrogen) atoms. The number of urea groups is 1. The lowest BCUT2D eigenvalue weighted by atomic mass is 10.1. The van der Waals surface area contributed by atoms with E-state index >= 15 is 0 Å². The number of carboxylic acids is 1. The Bertz CT molecular complexity index is 382. The van der Waals surface area contributed by atoms with Gasteiger partial charge >= 0.3 is 12.0 Å². The van der Waals surface area contributed by atoms with Crippen molar-refractivity contribution in [2.75, 3.05) is 19.6 Å². The molecule has 1 fully saturated rings. The number of aliphatic carboxylic acids is 1. The van der Waals surface area contributed by atoms with Crippen molar-refractivity contribution in [2.45, 2.75) is 44.7 Å². The summed E-state index contributed by atoms with van der Waals surface area (Å²) in [6.07, 6.45) is 2.25. The summed E-state index contributed by atoms with van der Waals surface area (Å²) < 4.78 is 0. The molecule has 0 saturated carbocycles. The lowest BCUT2D eigenvalue weighted by Crippen LogP contribution is -2.49. The molecule has 1 aliphatic heterocycles. The van der Waals surface area contributed by atoms with Crippen LogP contribution in [0.4, 0.5) is 4.79 Å². The molecular weight excluding hydrogens is 276 g/mol. The summed E-state index contributed by atoms with van der Waals surface area (Å²) in [5.41, 5.74) is 4.97. The first-order chi connectivity index (χ1) is 9.90. The molecule has 0 aromatic carbocycles. The Balaban J connectivity index is 2.32. The van der Waals surface area contributed by atoms with Crippen LogP contribution in [0.2, 0.25) is 0 Å². The number of amides is 3. The molecule has 1 rings (SSSR count). The summed E-state index contributed by atoms with van der Waals surface area (Å²) >= 11 is 0. The first kappa shape index (κ1) is 17.2. The molecule has 1 aliphatic rings. The minimum Gasteiger partial charge on any atom is -0.480 e. The second-order valence-electron chi connectivity index (χ2n) is 5.34. The van der Waals surface area contributed by atoms with E-state index in [1.807, 2.05) is 6.92 Å². The fourth-order valence-electron chi connectivity index (χ4n) is 2.31. The summed E-state index contributed by atoms with van der Waals surface area (Å²) in [5, 5.41) is 14.0. The molecule has 3 amide bonds. The van der Waals surface area contributed by atoms with Crippen LogP contribution in [0.5, 0.6) is 0 Å². The van der Waals surface area contributed by atoms with E-state index in [1.165, 1.54) is 12.8 Å². The molecule has 120 valence electrons. The number of likely N-dealkylation sites (tertiary alicyclic amines) is 1. The zero-order valence-electron chi connectivity index (χ0n) is 12.3. The molecular formula is C13H24N4O4. The smallest absolute Gasteiger partial charge is 0.326 e. The number of hydrogen-bond acceptors (Lipinski definition) is 4. The van der Waals surface area contributed by atoms with Crippen LogP contribution in [0.1, 0.15) is 32.6 Å². The van der Waals surface area contributed by atoms with Gasteiger partial charge in [-0.1, -0.05) is 0 Å². The highest BCUT2D eigenvalue weighted by Crippen LogP contribution is 2.10. The second kappa shape index (κ2) is 8.46. The van der Waals surface area contributed by atoms with Crippen LogP contribution in [-0.4, -0.2) is 59.6 Å². The Morgan fingerprint density at radius 2 is 1.90 bits per heavy atom. The van der Waals surface area contributed by atoms with Gasteiger partial charge < -0.3 is 21.5 Å². The van der Waals surface area contributed by atoms with Gasteiger partial charge in [-0.25, -0.2) is 9.59 Å². The van der Waals surface area contributed by atoms with Crippen molar-refractivity contribution >= 4 is 17.9 Å². The molecule has 1 saturated heterocycles. The van der Waals surface area contributed by atoms with Gasteiger partial charge in [-0.3, -0.25) is 9.69 Å². The van der Waals surface area contributed by atoms with E-state index in [0.29, 0.717) is 6.54 Å². The van der Waals surface area contributed by atoms with E-state index in [9.17, 15) is 14.4 Å². The summed E-state index contributed by atoms with van der Waals surface area (Å²) in [5.74, 6) is -1.77. The Kier molecular flexibility index (Phi) is 6.93. The third kappa shape index (κ3) is 6.44. The van der Waals surface area contributed by atoms with Crippen LogP contribution >= 0.6 is 0 Å². The Morgan fingerprint density at radius 3 is 2.43 bits per heavy atom. The third-order valence-corrected chi connectivity index (χ3v) is 3.60. The van der Waals surface area contributed by atoms with Crippen LogP contribution < -0.4 is 16.4 Å². The average molecular weight is 300 g/mol. The molecule has 8 nitrogen and oxygen atoms in total. The molecule has 0 spiro atoms. The van der Waals surface area contributed by atoms with Crippen LogP contribution in [-0.2, 0) is 9.59 Å². The van der Waals surface area contributed by atoms with E-state index < -0.39 is 23.9 Å². The van der Waals surface area contributed by atoms with Gasteiger partial charge in [0.2, 0.25) is 5.91 Å². The largest absolute Gasteiger partial charge is 0.480 e. The zero-order chi connectivity index (χ0) is 15.8. The minimum atomic E-state index is -1.18. The molecule has 1 unspecified atom stereocenters. The standard InChI is InChI=1S/C13H24N4O4/c1-9(17-6-2-3-7-17)8-15-13(21)16-10(12(19)20)4-5-11(14)18/h9-10H,2-8H2,1H3,(H2,14,18)(H,19,20)(H2,15,16,21)/t9?,10-/m1/s1. The van der Waals surface area contributed by atoms with Gasteiger partial charge in [-0.15, -0.1) is 0 Å². The molecule has 5 N–H and O–H groups in total. The van der Waals surface area contributed by atoms with Crippen molar-refractivity contribution in [3.8, 4) is 0 Å². The number of primary amides is 1. The number of hydrogen-bond donors (Lipinski definition) is 4. The topological polar surface area (TPSA) is 125 Å². The van der Waals surface area contributed by atoms with Gasteiger partial charge in [-0.05, 0) is 39.3 Å². The molecule has 0 bridgehead atoms.